The first kappa shape index (κ1) is 14.1. The van der Waals surface area contributed by atoms with Gasteiger partial charge in [0.15, 0.2) is 0 Å². The molecule has 7 nitrogen and oxygen atoms in total. The van der Waals surface area contributed by atoms with E-state index < -0.39 is 35.6 Å². The van der Waals surface area contributed by atoms with Crippen molar-refractivity contribution in [3.8, 4) is 0 Å². The summed E-state index contributed by atoms with van der Waals surface area (Å²) in [6, 6.07) is 0. The summed E-state index contributed by atoms with van der Waals surface area (Å²) < 4.78 is 6.53. The number of aliphatic hydroxyl groups is 2. The van der Waals surface area contributed by atoms with Crippen LogP contribution in [0, 0.1) is 0 Å². The van der Waals surface area contributed by atoms with Crippen molar-refractivity contribution < 1.29 is 14.9 Å². The van der Waals surface area contributed by atoms with Crippen molar-refractivity contribution in [3.63, 3.8) is 0 Å². The topological polar surface area (TPSA) is 105 Å². The van der Waals surface area contributed by atoms with Gasteiger partial charge in [0.2, 0.25) is 0 Å². The molecule has 98 valence electrons. The Kier molecular flexibility index (Phi) is 3.71. The second-order valence-corrected chi connectivity index (χ2v) is 4.52. The van der Waals surface area contributed by atoms with Crippen molar-refractivity contribution in [3.05, 3.63) is 32.6 Å². The number of ether oxygens (including phenoxy) is 1. The minimum Gasteiger partial charge on any atom is -0.407 e. The lowest BCUT2D eigenvalue weighted by Crippen LogP contribution is -2.43. The predicted octanol–water partition coefficient (Wildman–Crippen LogP) is -2.31. The van der Waals surface area contributed by atoms with Gasteiger partial charge in [-0.15, -0.1) is 0 Å². The molecule has 0 aromatic carbocycles. The molecule has 2 atom stereocenters. The van der Waals surface area contributed by atoms with E-state index in [1.165, 1.54) is 6.20 Å². The van der Waals surface area contributed by atoms with Gasteiger partial charge in [0.05, 0.1) is 18.3 Å². The maximum atomic E-state index is 11.7. The first-order chi connectivity index (χ1) is 8.82. The van der Waals surface area contributed by atoms with Crippen molar-refractivity contribution in [1.82, 2.24) is 9.55 Å². The Morgan fingerprint density at radius 1 is 1.47 bits per heavy atom. The summed E-state index contributed by atoms with van der Waals surface area (Å²) >= 11 is 0. The zero-order chi connectivity index (χ0) is 14.2. The smallest absolute Gasteiger partial charge is 0.330 e. The van der Waals surface area contributed by atoms with Crippen LogP contribution in [0.3, 0.4) is 0 Å². The summed E-state index contributed by atoms with van der Waals surface area (Å²) in [4.78, 5) is 25.1. The largest absolute Gasteiger partial charge is 0.407 e. The number of nitrogens with zero attached hydrogens (tertiary/aromatic N) is 1. The zero-order valence-electron chi connectivity index (χ0n) is 10.1. The summed E-state index contributed by atoms with van der Waals surface area (Å²) in [5.41, 5.74) is -1.26. The van der Waals surface area contributed by atoms with Gasteiger partial charge in [0.25, 0.3) is 5.56 Å². The molecule has 3 N–H and O–H groups in total. The number of rotatable bonds is 3. The van der Waals surface area contributed by atoms with Crippen LogP contribution in [0.25, 0.3) is 0 Å². The summed E-state index contributed by atoms with van der Waals surface area (Å²) in [5, 5.41) is 16.5. The van der Waals surface area contributed by atoms with Gasteiger partial charge >= 0.3 is 5.69 Å². The van der Waals surface area contributed by atoms with Crippen molar-refractivity contribution >= 4 is 15.7 Å². The second kappa shape index (κ2) is 4.99. The van der Waals surface area contributed by atoms with E-state index in [4.69, 9.17) is 25.5 Å². The lowest BCUT2D eigenvalue weighted by atomic mass is 9.61. The summed E-state index contributed by atoms with van der Waals surface area (Å²) in [5.74, 6) is 0. The van der Waals surface area contributed by atoms with Crippen molar-refractivity contribution in [2.75, 3.05) is 0 Å². The third kappa shape index (κ3) is 2.83. The van der Waals surface area contributed by atoms with Crippen LogP contribution >= 0.6 is 0 Å². The van der Waals surface area contributed by atoms with Crippen LogP contribution in [-0.4, -0.2) is 47.0 Å². The molecule has 4 radical (unpaired) electrons. The van der Waals surface area contributed by atoms with Crippen molar-refractivity contribution in [2.24, 2.45) is 0 Å². The molecule has 1 aromatic rings. The van der Waals surface area contributed by atoms with Crippen LogP contribution in [0.2, 0.25) is 0 Å². The SMILES string of the molecule is [B]C([B])(O)[C@@H]1CCC(n2cc(CO)c(=O)[nH]c2=O)O1. The van der Waals surface area contributed by atoms with Crippen LogP contribution in [-0.2, 0) is 11.3 Å². The molecule has 1 aliphatic heterocycles. The standard InChI is InChI=1S/C10H12B2N2O5/c11-10(12,18)6-1-2-7(19-6)14-3-5(4-15)8(16)13-9(14)17/h3,6-7,15,18H,1-2,4H2,(H,13,16,17)/t6-,7?/m0/s1. The molecule has 1 saturated heterocycles. The monoisotopic (exact) mass is 262 g/mol. The maximum Gasteiger partial charge on any atom is 0.330 e. The number of hydrogen-bond donors (Lipinski definition) is 3. The molecule has 0 saturated carbocycles. The van der Waals surface area contributed by atoms with Gasteiger partial charge in [-0.1, -0.05) is 0 Å². The minimum absolute atomic E-state index is 0.0439. The Labute approximate surface area is 111 Å². The number of aromatic amines is 1. The summed E-state index contributed by atoms with van der Waals surface area (Å²) in [6.07, 6.45) is 0.486. The van der Waals surface area contributed by atoms with Crippen LogP contribution < -0.4 is 11.2 Å². The molecule has 0 spiro atoms. The normalized spacial score (nSPS) is 23.7. The lowest BCUT2D eigenvalue weighted by Gasteiger charge is -2.26. The zero-order valence-corrected chi connectivity index (χ0v) is 10.1. The number of hydrogen-bond acceptors (Lipinski definition) is 5. The van der Waals surface area contributed by atoms with Crippen LogP contribution in [0.1, 0.15) is 24.6 Å². The average molecular weight is 262 g/mol. The molecule has 9 heteroatoms. The molecule has 2 rings (SSSR count). The molecular weight excluding hydrogens is 250 g/mol. The highest BCUT2D eigenvalue weighted by atomic mass is 16.5. The molecule has 0 bridgehead atoms. The molecule has 2 heterocycles. The van der Waals surface area contributed by atoms with E-state index in [1.807, 2.05) is 0 Å². The fraction of sp³-hybridized carbons (Fsp3) is 0.600. The number of aliphatic hydroxyl groups excluding tert-OH is 1. The molecule has 19 heavy (non-hydrogen) atoms. The highest BCUT2D eigenvalue weighted by Gasteiger charge is 2.35. The van der Waals surface area contributed by atoms with E-state index in [2.05, 4.69) is 4.98 Å². The fourth-order valence-corrected chi connectivity index (χ4v) is 2.02. The van der Waals surface area contributed by atoms with Crippen LogP contribution in [0.4, 0.5) is 0 Å². The third-order valence-electron chi connectivity index (χ3n) is 3.04. The van der Waals surface area contributed by atoms with E-state index in [0.29, 0.717) is 12.8 Å². The van der Waals surface area contributed by atoms with Gasteiger partial charge in [-0.05, 0) is 12.8 Å². The summed E-state index contributed by atoms with van der Waals surface area (Å²) in [7, 11) is 10.6. The van der Waals surface area contributed by atoms with Gasteiger partial charge in [0.1, 0.15) is 21.9 Å². The van der Waals surface area contributed by atoms with E-state index in [1.54, 1.807) is 0 Å². The van der Waals surface area contributed by atoms with Crippen molar-refractivity contribution in [1.29, 1.82) is 0 Å². The third-order valence-corrected chi connectivity index (χ3v) is 3.04. The molecular formula is C10H12B2N2O5. The Morgan fingerprint density at radius 3 is 2.68 bits per heavy atom. The first-order valence-electron chi connectivity index (χ1n) is 5.73. The van der Waals surface area contributed by atoms with E-state index in [0.717, 1.165) is 4.57 Å². The highest BCUT2D eigenvalue weighted by Crippen LogP contribution is 2.30. The number of H-pyrrole nitrogens is 1. The quantitative estimate of drug-likeness (QED) is 0.531. The van der Waals surface area contributed by atoms with E-state index in [9.17, 15) is 14.7 Å². The molecule has 0 amide bonds. The van der Waals surface area contributed by atoms with Crippen LogP contribution in [0.5, 0.6) is 0 Å². The molecule has 1 unspecified atom stereocenters. The maximum absolute atomic E-state index is 11.7. The highest BCUT2D eigenvalue weighted by molar-refractivity contribution is 6.39. The number of aromatic nitrogens is 2. The van der Waals surface area contributed by atoms with Crippen LogP contribution in [0.15, 0.2) is 15.8 Å². The fourth-order valence-electron chi connectivity index (χ4n) is 2.02. The molecule has 1 fully saturated rings. The van der Waals surface area contributed by atoms with Gasteiger partial charge < -0.3 is 14.9 Å². The molecule has 1 aliphatic rings. The first-order valence-corrected chi connectivity index (χ1v) is 5.73. The van der Waals surface area contributed by atoms with Gasteiger partial charge in [0, 0.05) is 11.6 Å². The van der Waals surface area contributed by atoms with Gasteiger partial charge in [-0.3, -0.25) is 14.3 Å². The van der Waals surface area contributed by atoms with Crippen molar-refractivity contribution in [2.45, 2.75) is 37.2 Å². The number of nitrogens with one attached hydrogen (secondary N) is 1. The second-order valence-electron chi connectivity index (χ2n) is 4.52. The lowest BCUT2D eigenvalue weighted by molar-refractivity contribution is -0.0504. The Morgan fingerprint density at radius 2 is 2.16 bits per heavy atom. The van der Waals surface area contributed by atoms with Gasteiger partial charge in [-0.2, -0.15) is 0 Å². The average Bonchev–Trinajstić information content (AvgIpc) is 2.78. The van der Waals surface area contributed by atoms with Gasteiger partial charge in [-0.25, -0.2) is 4.79 Å². The Bertz CT molecular complexity index is 577. The Hall–Kier alpha value is -1.31. The summed E-state index contributed by atoms with van der Waals surface area (Å²) in [6.45, 7) is -0.497. The molecule has 0 aliphatic carbocycles. The predicted molar refractivity (Wildman–Crippen MR) is 66.8 cm³/mol. The minimum atomic E-state index is -1.99. The van der Waals surface area contributed by atoms with E-state index >= 15 is 0 Å². The Balaban J connectivity index is 2.30. The van der Waals surface area contributed by atoms with E-state index in [-0.39, 0.29) is 5.56 Å². The molecule has 1 aromatic heterocycles.